The van der Waals surface area contributed by atoms with Gasteiger partial charge >= 0.3 is 0 Å². The highest BCUT2D eigenvalue weighted by Gasteiger charge is 2.29. The molecule has 3 heterocycles. The lowest BCUT2D eigenvalue weighted by molar-refractivity contribution is 0.647. The molecule has 7 aromatic rings. The standard InChI is InChI=1S/C36H33N3/c1-37-22-31(26-15-7-10-18-34(26)37)29(25-13-5-4-6-14-25)21-30(32-23-38(2)35-19-11-8-16-27(32)35)33-24-39(3)36-20-12-9-17-28(33)36/h4-20,22-24,29-30H,21H2,1-3H3. The van der Waals surface area contributed by atoms with Crippen LogP contribution in [-0.4, -0.2) is 13.7 Å². The molecule has 1 unspecified atom stereocenters. The number of nitrogens with zero attached hydrogens (tertiary/aromatic N) is 3. The van der Waals surface area contributed by atoms with E-state index in [9.17, 15) is 0 Å². The molecule has 4 aromatic carbocycles. The molecule has 0 bridgehead atoms. The molecule has 39 heavy (non-hydrogen) atoms. The summed E-state index contributed by atoms with van der Waals surface area (Å²) in [5.74, 6) is 0.451. The molecule has 0 spiro atoms. The number of benzene rings is 4. The van der Waals surface area contributed by atoms with Crippen molar-refractivity contribution in [2.45, 2.75) is 18.3 Å². The Kier molecular flexibility index (Phi) is 5.66. The van der Waals surface area contributed by atoms with Gasteiger partial charge in [-0.15, -0.1) is 0 Å². The van der Waals surface area contributed by atoms with E-state index in [-0.39, 0.29) is 11.8 Å². The molecular formula is C36H33N3. The molecule has 0 aliphatic heterocycles. The Hall–Kier alpha value is -4.50. The lowest BCUT2D eigenvalue weighted by Gasteiger charge is -2.25. The van der Waals surface area contributed by atoms with E-state index in [1.807, 2.05) is 0 Å². The highest BCUT2D eigenvalue weighted by molar-refractivity contribution is 5.89. The number of hydrogen-bond acceptors (Lipinski definition) is 0. The van der Waals surface area contributed by atoms with Gasteiger partial charge in [-0.3, -0.25) is 0 Å². The zero-order chi connectivity index (χ0) is 26.5. The van der Waals surface area contributed by atoms with Crippen molar-refractivity contribution in [1.29, 1.82) is 0 Å². The van der Waals surface area contributed by atoms with Crippen molar-refractivity contribution < 1.29 is 0 Å². The van der Waals surface area contributed by atoms with Crippen molar-refractivity contribution in [3.05, 3.63) is 144 Å². The van der Waals surface area contributed by atoms with Gasteiger partial charge in [0, 0.05) is 84.3 Å². The molecule has 0 aliphatic carbocycles. The maximum absolute atomic E-state index is 2.36. The molecule has 0 amide bonds. The number of fused-ring (bicyclic) bond motifs is 3. The average molecular weight is 508 g/mol. The molecule has 1 atom stereocenters. The molecule has 3 aromatic heterocycles. The quantitative estimate of drug-likeness (QED) is 0.214. The van der Waals surface area contributed by atoms with E-state index in [1.54, 1.807) is 0 Å². The summed E-state index contributed by atoms with van der Waals surface area (Å²) >= 11 is 0. The van der Waals surface area contributed by atoms with Crippen LogP contribution >= 0.6 is 0 Å². The lowest BCUT2D eigenvalue weighted by Crippen LogP contribution is -2.09. The first-order valence-electron chi connectivity index (χ1n) is 13.8. The molecule has 0 aliphatic rings. The number of hydrogen-bond donors (Lipinski definition) is 0. The van der Waals surface area contributed by atoms with E-state index in [0.717, 1.165) is 6.42 Å². The minimum Gasteiger partial charge on any atom is -0.350 e. The van der Waals surface area contributed by atoms with Gasteiger partial charge in [0.1, 0.15) is 0 Å². The summed E-state index contributed by atoms with van der Waals surface area (Å²) in [4.78, 5) is 0. The second-order valence-electron chi connectivity index (χ2n) is 10.9. The van der Waals surface area contributed by atoms with Crippen molar-refractivity contribution in [3.8, 4) is 0 Å². The van der Waals surface area contributed by atoms with Crippen LogP contribution < -0.4 is 0 Å². The van der Waals surface area contributed by atoms with Crippen LogP contribution in [0.1, 0.15) is 40.5 Å². The van der Waals surface area contributed by atoms with E-state index in [4.69, 9.17) is 0 Å². The van der Waals surface area contributed by atoms with Crippen molar-refractivity contribution in [2.75, 3.05) is 0 Å². The van der Waals surface area contributed by atoms with Crippen LogP contribution in [0.3, 0.4) is 0 Å². The third kappa shape index (κ3) is 3.88. The Morgan fingerprint density at radius 2 is 0.795 bits per heavy atom. The van der Waals surface area contributed by atoms with Gasteiger partial charge in [0.2, 0.25) is 0 Å². The minimum absolute atomic E-state index is 0.214. The molecular weight excluding hydrogens is 474 g/mol. The fourth-order valence-corrected chi connectivity index (χ4v) is 6.74. The number of para-hydroxylation sites is 3. The Morgan fingerprint density at radius 1 is 0.436 bits per heavy atom. The van der Waals surface area contributed by atoms with Gasteiger partial charge in [0.15, 0.2) is 0 Å². The van der Waals surface area contributed by atoms with Crippen LogP contribution in [0.4, 0.5) is 0 Å². The molecule has 0 N–H and O–H groups in total. The second kappa shape index (κ2) is 9.36. The topological polar surface area (TPSA) is 14.8 Å². The zero-order valence-corrected chi connectivity index (χ0v) is 22.8. The van der Waals surface area contributed by atoms with Gasteiger partial charge in [0.25, 0.3) is 0 Å². The molecule has 0 radical (unpaired) electrons. The Labute approximate surface area is 229 Å². The maximum Gasteiger partial charge on any atom is 0.0480 e. The van der Waals surface area contributed by atoms with E-state index in [0.29, 0.717) is 0 Å². The van der Waals surface area contributed by atoms with Gasteiger partial charge in [0.05, 0.1) is 0 Å². The van der Waals surface area contributed by atoms with Gasteiger partial charge in [-0.05, 0) is 46.9 Å². The predicted octanol–water partition coefficient (Wildman–Crippen LogP) is 8.52. The average Bonchev–Trinajstić information content (AvgIpc) is 3.62. The van der Waals surface area contributed by atoms with Crippen molar-refractivity contribution in [3.63, 3.8) is 0 Å². The number of aromatic nitrogens is 3. The molecule has 192 valence electrons. The van der Waals surface area contributed by atoms with E-state index < -0.39 is 0 Å². The van der Waals surface area contributed by atoms with Gasteiger partial charge in [-0.25, -0.2) is 0 Å². The van der Waals surface area contributed by atoms with Crippen LogP contribution in [-0.2, 0) is 21.1 Å². The van der Waals surface area contributed by atoms with Crippen LogP contribution in [0, 0.1) is 0 Å². The number of rotatable bonds is 6. The van der Waals surface area contributed by atoms with Gasteiger partial charge in [-0.1, -0.05) is 84.9 Å². The van der Waals surface area contributed by atoms with Crippen LogP contribution in [0.15, 0.2) is 122 Å². The third-order valence-electron chi connectivity index (χ3n) is 8.58. The highest BCUT2D eigenvalue weighted by Crippen LogP contribution is 2.45. The third-order valence-corrected chi connectivity index (χ3v) is 8.58. The molecule has 0 fully saturated rings. The fourth-order valence-electron chi connectivity index (χ4n) is 6.74. The summed E-state index contributed by atoms with van der Waals surface area (Å²) in [5.41, 5.74) is 9.37. The normalized spacial score (nSPS) is 12.7. The van der Waals surface area contributed by atoms with Gasteiger partial charge in [-0.2, -0.15) is 0 Å². The van der Waals surface area contributed by atoms with E-state index in [1.165, 1.54) is 55.0 Å². The summed E-state index contributed by atoms with van der Waals surface area (Å²) in [6.07, 6.45) is 8.05. The predicted molar refractivity (Wildman–Crippen MR) is 164 cm³/mol. The Balaban J connectivity index is 1.48. The van der Waals surface area contributed by atoms with E-state index >= 15 is 0 Å². The SMILES string of the molecule is Cn1cc(C(CC(c2cn(C)c3ccccc23)c2cn(C)c3ccccc23)c2ccccc2)c2ccccc21. The molecule has 0 saturated carbocycles. The largest absolute Gasteiger partial charge is 0.350 e. The summed E-state index contributed by atoms with van der Waals surface area (Å²) < 4.78 is 6.86. The molecule has 7 rings (SSSR count). The summed E-state index contributed by atoms with van der Waals surface area (Å²) in [7, 11) is 6.51. The monoisotopic (exact) mass is 507 g/mol. The summed E-state index contributed by atoms with van der Waals surface area (Å²) in [6.45, 7) is 0. The van der Waals surface area contributed by atoms with Gasteiger partial charge < -0.3 is 13.7 Å². The number of aryl methyl sites for hydroxylation is 3. The Bertz CT molecular complexity index is 1850. The van der Waals surface area contributed by atoms with Crippen LogP contribution in [0.5, 0.6) is 0 Å². The minimum atomic E-state index is 0.214. The summed E-state index contributed by atoms with van der Waals surface area (Å²) in [6, 6.07) is 37.6. The van der Waals surface area contributed by atoms with Crippen LogP contribution in [0.2, 0.25) is 0 Å². The highest BCUT2D eigenvalue weighted by atomic mass is 14.9. The molecule has 3 heteroatoms. The van der Waals surface area contributed by atoms with Crippen molar-refractivity contribution in [2.24, 2.45) is 21.1 Å². The zero-order valence-electron chi connectivity index (χ0n) is 22.8. The first-order valence-corrected chi connectivity index (χ1v) is 13.8. The smallest absolute Gasteiger partial charge is 0.0480 e. The lowest BCUT2D eigenvalue weighted by atomic mass is 9.78. The summed E-state index contributed by atoms with van der Waals surface area (Å²) in [5, 5.41) is 4.01. The molecule has 0 saturated heterocycles. The van der Waals surface area contributed by atoms with E-state index in [2.05, 4.69) is 157 Å². The Morgan fingerprint density at radius 3 is 1.23 bits per heavy atom. The second-order valence-corrected chi connectivity index (χ2v) is 10.9. The first kappa shape index (κ1) is 23.6. The van der Waals surface area contributed by atoms with Crippen molar-refractivity contribution in [1.82, 2.24) is 13.7 Å². The molecule has 3 nitrogen and oxygen atoms in total. The van der Waals surface area contributed by atoms with Crippen molar-refractivity contribution >= 4 is 32.7 Å². The van der Waals surface area contributed by atoms with Crippen LogP contribution in [0.25, 0.3) is 32.7 Å². The first-order chi connectivity index (χ1) is 19.1. The fraction of sp³-hybridized carbons (Fsp3) is 0.167. The maximum atomic E-state index is 2.36.